The number of carbonyl (C=O) groups excluding carboxylic acids is 1. The van der Waals surface area contributed by atoms with E-state index in [0.29, 0.717) is 31.5 Å². The molecule has 2 aromatic heterocycles. The Balaban J connectivity index is 2.11. The number of nitrogens with zero attached hydrogens (tertiary/aromatic N) is 3. The summed E-state index contributed by atoms with van der Waals surface area (Å²) in [4.78, 5) is 40.5. The Bertz CT molecular complexity index is 1250. The molecule has 0 unspecified atom stereocenters. The third kappa shape index (κ3) is 4.17. The molecule has 2 heterocycles. The lowest BCUT2D eigenvalue weighted by molar-refractivity contribution is -0.144. The lowest BCUT2D eigenvalue weighted by Crippen LogP contribution is -2.40. The molecule has 0 saturated carbocycles. The van der Waals surface area contributed by atoms with Crippen LogP contribution >= 0.6 is 22.9 Å². The van der Waals surface area contributed by atoms with Crippen LogP contribution in [0, 0.1) is 0 Å². The van der Waals surface area contributed by atoms with E-state index < -0.39 is 29.1 Å². The molecule has 1 aromatic carbocycles. The van der Waals surface area contributed by atoms with Gasteiger partial charge in [0.1, 0.15) is 10.7 Å². The van der Waals surface area contributed by atoms with Crippen molar-refractivity contribution in [3.63, 3.8) is 0 Å². The molecule has 0 radical (unpaired) electrons. The summed E-state index contributed by atoms with van der Waals surface area (Å²) in [7, 11) is 2.18. The summed E-state index contributed by atoms with van der Waals surface area (Å²) in [5.41, 5.74) is -2.83. The minimum Gasteiger partial charge on any atom is -0.469 e. The highest BCUT2D eigenvalue weighted by atomic mass is 35.5. The molecule has 0 aliphatic heterocycles. The first-order chi connectivity index (χ1) is 14.0. The van der Waals surface area contributed by atoms with Crippen LogP contribution in [0.25, 0.3) is 16.3 Å². The summed E-state index contributed by atoms with van der Waals surface area (Å²) in [5, 5.41) is 2.27. The summed E-state index contributed by atoms with van der Waals surface area (Å²) in [6.07, 6.45) is -4.91. The maximum absolute atomic E-state index is 13.0. The van der Waals surface area contributed by atoms with Crippen molar-refractivity contribution in [2.75, 3.05) is 7.11 Å². The molecule has 3 aromatic rings. The average Bonchev–Trinajstić information content (AvgIpc) is 3.13. The second kappa shape index (κ2) is 8.07. The van der Waals surface area contributed by atoms with Gasteiger partial charge in [0, 0.05) is 24.1 Å². The number of ether oxygens (including phenoxy) is 1. The van der Waals surface area contributed by atoms with Gasteiger partial charge in [-0.15, -0.1) is 11.3 Å². The highest BCUT2D eigenvalue weighted by Gasteiger charge is 2.35. The van der Waals surface area contributed by atoms with Crippen LogP contribution in [0.3, 0.4) is 0 Å². The predicted molar refractivity (Wildman–Crippen MR) is 104 cm³/mol. The zero-order valence-electron chi connectivity index (χ0n) is 15.5. The Morgan fingerprint density at radius 1 is 1.27 bits per heavy atom. The molecule has 0 aliphatic rings. The lowest BCUT2D eigenvalue weighted by Gasteiger charge is -2.14. The van der Waals surface area contributed by atoms with Gasteiger partial charge in [0.2, 0.25) is 0 Å². The molecule has 12 heteroatoms. The highest BCUT2D eigenvalue weighted by molar-refractivity contribution is 7.13. The van der Waals surface area contributed by atoms with E-state index in [4.69, 9.17) is 11.6 Å². The van der Waals surface area contributed by atoms with E-state index in [0.717, 1.165) is 7.05 Å². The third-order valence-electron chi connectivity index (χ3n) is 4.15. The van der Waals surface area contributed by atoms with Gasteiger partial charge in [0.05, 0.1) is 29.9 Å². The van der Waals surface area contributed by atoms with E-state index >= 15 is 0 Å². The summed E-state index contributed by atoms with van der Waals surface area (Å²) < 4.78 is 44.7. The second-order valence-electron chi connectivity index (χ2n) is 6.10. The minimum atomic E-state index is -4.85. The fourth-order valence-corrected chi connectivity index (χ4v) is 3.80. The first kappa shape index (κ1) is 21.8. The van der Waals surface area contributed by atoms with Crippen LogP contribution in [0.1, 0.15) is 11.4 Å². The summed E-state index contributed by atoms with van der Waals surface area (Å²) >= 11 is 7.38. The third-order valence-corrected chi connectivity index (χ3v) is 5.41. The lowest BCUT2D eigenvalue weighted by atomic mass is 10.2. The first-order valence-electron chi connectivity index (χ1n) is 8.24. The van der Waals surface area contributed by atoms with Gasteiger partial charge >= 0.3 is 17.8 Å². The molecule has 0 aliphatic carbocycles. The van der Waals surface area contributed by atoms with Crippen molar-refractivity contribution in [3.05, 3.63) is 66.9 Å². The molecule has 158 valence electrons. The van der Waals surface area contributed by atoms with Gasteiger partial charge in [-0.3, -0.25) is 14.2 Å². The summed E-state index contributed by atoms with van der Waals surface area (Å²) in [6.45, 7) is 0. The molecular formula is C18H13ClF3N3O4S. The van der Waals surface area contributed by atoms with Crippen LogP contribution in [0.2, 0.25) is 5.02 Å². The number of thiazole rings is 1. The Hall–Kier alpha value is -2.92. The maximum Gasteiger partial charge on any atom is 0.431 e. The fraction of sp³-hybridized carbons (Fsp3) is 0.222. The normalized spacial score (nSPS) is 11.5. The topological polar surface area (TPSA) is 83.2 Å². The van der Waals surface area contributed by atoms with Gasteiger partial charge in [-0.2, -0.15) is 13.2 Å². The van der Waals surface area contributed by atoms with E-state index in [1.807, 2.05) is 0 Å². The average molecular weight is 460 g/mol. The number of esters is 1. The number of halogens is 4. The summed E-state index contributed by atoms with van der Waals surface area (Å²) in [5.74, 6) is -0.480. The zero-order valence-corrected chi connectivity index (χ0v) is 17.1. The van der Waals surface area contributed by atoms with E-state index in [9.17, 15) is 27.6 Å². The second-order valence-corrected chi connectivity index (χ2v) is 7.37. The van der Waals surface area contributed by atoms with Gasteiger partial charge < -0.3 is 4.74 Å². The SMILES string of the molecule is COC(=O)Cc1csc(-c2cc(-n3c(=O)cc(C(F)(F)F)n(C)c3=O)ccc2Cl)n1. The van der Waals surface area contributed by atoms with Gasteiger partial charge in [-0.1, -0.05) is 11.6 Å². The molecule has 0 fully saturated rings. The van der Waals surface area contributed by atoms with Crippen LogP contribution in [0.15, 0.2) is 39.2 Å². The van der Waals surface area contributed by atoms with Crippen molar-refractivity contribution in [1.82, 2.24) is 14.1 Å². The molecule has 0 bridgehead atoms. The molecule has 3 rings (SSSR count). The Morgan fingerprint density at radius 3 is 2.60 bits per heavy atom. The molecular weight excluding hydrogens is 447 g/mol. The van der Waals surface area contributed by atoms with Crippen LogP contribution in [-0.4, -0.2) is 27.2 Å². The number of alkyl halides is 3. The zero-order chi connectivity index (χ0) is 22.2. The van der Waals surface area contributed by atoms with Crippen LogP contribution in [0.4, 0.5) is 13.2 Å². The smallest absolute Gasteiger partial charge is 0.431 e. The fourth-order valence-electron chi connectivity index (χ4n) is 2.68. The van der Waals surface area contributed by atoms with Gasteiger partial charge in [-0.25, -0.2) is 14.3 Å². The standard InChI is InChI=1S/C18H13ClF3N3O4S/c1-24-13(18(20,21)22)7-14(26)25(17(24)28)10-3-4-12(19)11(6-10)16-23-9(8-30-16)5-15(27)29-2/h3-4,6-8H,5H2,1-2H3. The van der Waals surface area contributed by atoms with Gasteiger partial charge in [0.15, 0.2) is 0 Å². The first-order valence-corrected chi connectivity index (χ1v) is 9.50. The molecule has 30 heavy (non-hydrogen) atoms. The molecule has 0 saturated heterocycles. The number of aromatic nitrogens is 3. The largest absolute Gasteiger partial charge is 0.469 e. The predicted octanol–water partition coefficient (Wildman–Crippen LogP) is 3.05. The maximum atomic E-state index is 13.0. The number of benzene rings is 1. The number of rotatable bonds is 4. The van der Waals surface area contributed by atoms with Crippen molar-refractivity contribution < 1.29 is 22.7 Å². The monoisotopic (exact) mass is 459 g/mol. The summed E-state index contributed by atoms with van der Waals surface area (Å²) in [6, 6.07) is 4.47. The Morgan fingerprint density at radius 2 is 1.97 bits per heavy atom. The van der Waals surface area contributed by atoms with E-state index in [-0.39, 0.29) is 17.1 Å². The number of methoxy groups -OCH3 is 1. The van der Waals surface area contributed by atoms with Crippen molar-refractivity contribution in [2.24, 2.45) is 7.05 Å². The van der Waals surface area contributed by atoms with Crippen molar-refractivity contribution >= 4 is 28.9 Å². The number of carbonyl (C=O) groups is 1. The number of hydrogen-bond acceptors (Lipinski definition) is 6. The van der Waals surface area contributed by atoms with E-state index in [2.05, 4.69) is 9.72 Å². The quantitative estimate of drug-likeness (QED) is 0.560. The molecule has 0 spiro atoms. The molecule has 0 amide bonds. The van der Waals surface area contributed by atoms with Gasteiger partial charge in [-0.05, 0) is 18.2 Å². The highest BCUT2D eigenvalue weighted by Crippen LogP contribution is 2.32. The van der Waals surface area contributed by atoms with E-state index in [1.54, 1.807) is 5.38 Å². The molecule has 7 nitrogen and oxygen atoms in total. The Labute approximate surface area is 175 Å². The number of hydrogen-bond donors (Lipinski definition) is 0. The van der Waals surface area contributed by atoms with Gasteiger partial charge in [0.25, 0.3) is 5.56 Å². The van der Waals surface area contributed by atoms with Crippen molar-refractivity contribution in [2.45, 2.75) is 12.6 Å². The van der Waals surface area contributed by atoms with Crippen molar-refractivity contribution in [1.29, 1.82) is 0 Å². The van der Waals surface area contributed by atoms with Crippen LogP contribution < -0.4 is 11.2 Å². The minimum absolute atomic E-state index is 0.0263. The molecule has 0 N–H and O–H groups in total. The molecule has 0 atom stereocenters. The Kier molecular flexibility index (Phi) is 5.86. The van der Waals surface area contributed by atoms with Crippen LogP contribution in [-0.2, 0) is 29.2 Å². The van der Waals surface area contributed by atoms with E-state index in [1.165, 1.54) is 36.6 Å². The van der Waals surface area contributed by atoms with Crippen LogP contribution in [0.5, 0.6) is 0 Å². The van der Waals surface area contributed by atoms with Crippen molar-refractivity contribution in [3.8, 4) is 16.3 Å².